The molecule has 128 valence electrons. The fourth-order valence-electron chi connectivity index (χ4n) is 2.98. The molecule has 0 saturated heterocycles. The van der Waals surface area contributed by atoms with E-state index in [9.17, 15) is 23.1 Å². The second-order valence-electron chi connectivity index (χ2n) is 6.21. The Kier molecular flexibility index (Phi) is 5.68. The number of aliphatic hydroxyl groups excluding tert-OH is 1. The number of benzene rings is 1. The van der Waals surface area contributed by atoms with Gasteiger partial charge in [-0.1, -0.05) is 25.1 Å². The van der Waals surface area contributed by atoms with Crippen molar-refractivity contribution in [3.63, 3.8) is 0 Å². The van der Waals surface area contributed by atoms with E-state index in [1.165, 1.54) is 6.07 Å². The number of alkyl halides is 3. The molecule has 1 saturated carbocycles. The highest BCUT2D eigenvalue weighted by Gasteiger charge is 2.32. The summed E-state index contributed by atoms with van der Waals surface area (Å²) in [6, 6.07) is 5.29. The lowest BCUT2D eigenvalue weighted by Gasteiger charge is -2.17. The fraction of sp³-hybridized carbons (Fsp3) is 0.588. The summed E-state index contributed by atoms with van der Waals surface area (Å²) in [4.78, 5) is 11.9. The first-order chi connectivity index (χ1) is 10.8. The Morgan fingerprint density at radius 1 is 1.39 bits per heavy atom. The van der Waals surface area contributed by atoms with Crippen molar-refractivity contribution in [3.05, 3.63) is 35.4 Å². The number of hydrogen-bond acceptors (Lipinski definition) is 2. The molecule has 0 aliphatic heterocycles. The lowest BCUT2D eigenvalue weighted by atomic mass is 9.96. The van der Waals surface area contributed by atoms with Crippen LogP contribution in [0, 0.1) is 5.92 Å². The van der Waals surface area contributed by atoms with Crippen molar-refractivity contribution in [2.45, 2.75) is 50.8 Å². The zero-order valence-corrected chi connectivity index (χ0v) is 13.1. The maximum absolute atomic E-state index is 12.7. The second-order valence-corrected chi connectivity index (χ2v) is 6.21. The molecule has 0 heterocycles. The van der Waals surface area contributed by atoms with Crippen molar-refractivity contribution in [2.24, 2.45) is 5.92 Å². The molecule has 1 aliphatic rings. The molecule has 1 amide bonds. The molecular formula is C17H22F3NO2. The largest absolute Gasteiger partial charge is 0.416 e. The molecule has 2 N–H and O–H groups in total. The van der Waals surface area contributed by atoms with Crippen molar-refractivity contribution in [1.29, 1.82) is 0 Å². The topological polar surface area (TPSA) is 49.3 Å². The summed E-state index contributed by atoms with van der Waals surface area (Å²) < 4.78 is 38.2. The lowest BCUT2D eigenvalue weighted by molar-refractivity contribution is -0.137. The van der Waals surface area contributed by atoms with E-state index in [0.29, 0.717) is 31.4 Å². The summed E-state index contributed by atoms with van der Waals surface area (Å²) in [5.41, 5.74) is -0.0464. The van der Waals surface area contributed by atoms with E-state index < -0.39 is 17.8 Å². The van der Waals surface area contributed by atoms with E-state index >= 15 is 0 Å². The zero-order valence-electron chi connectivity index (χ0n) is 13.1. The quantitative estimate of drug-likeness (QED) is 0.869. The third-order valence-electron chi connectivity index (χ3n) is 4.48. The van der Waals surface area contributed by atoms with Gasteiger partial charge in [0.25, 0.3) is 0 Å². The van der Waals surface area contributed by atoms with Crippen LogP contribution in [0.1, 0.15) is 49.7 Å². The highest BCUT2D eigenvalue weighted by atomic mass is 19.4. The van der Waals surface area contributed by atoms with Crippen molar-refractivity contribution < 1.29 is 23.1 Å². The zero-order chi connectivity index (χ0) is 17.0. The molecule has 6 heteroatoms. The first-order valence-electron chi connectivity index (χ1n) is 7.92. The third-order valence-corrected chi connectivity index (χ3v) is 4.48. The van der Waals surface area contributed by atoms with E-state index in [4.69, 9.17) is 0 Å². The molecule has 1 fully saturated rings. The molecule has 0 bridgehead atoms. The molecule has 0 radical (unpaired) electrons. The molecular weight excluding hydrogens is 307 g/mol. The molecule has 1 aromatic rings. The van der Waals surface area contributed by atoms with Gasteiger partial charge in [-0.25, -0.2) is 0 Å². The van der Waals surface area contributed by atoms with Crippen LogP contribution in [0.25, 0.3) is 0 Å². The third kappa shape index (κ3) is 4.70. The highest BCUT2D eigenvalue weighted by molar-refractivity contribution is 5.79. The lowest BCUT2D eigenvalue weighted by Crippen LogP contribution is -2.35. The van der Waals surface area contributed by atoms with Gasteiger partial charge in [0.2, 0.25) is 5.91 Å². The van der Waals surface area contributed by atoms with Crippen LogP contribution in [0.4, 0.5) is 13.2 Å². The first-order valence-corrected chi connectivity index (χ1v) is 7.92. The minimum Gasteiger partial charge on any atom is -0.392 e. The number of carbonyl (C=O) groups is 1. The number of amides is 1. The van der Waals surface area contributed by atoms with Crippen molar-refractivity contribution >= 4 is 5.91 Å². The standard InChI is InChI=1S/C17H22F3NO2/c1-11(12-4-2-5-13(10-12)17(18,19)20)8-9-21-16(23)14-6-3-7-15(14)22/h2,4-5,10-11,14-15,22H,3,6-9H2,1H3,(H,21,23). The molecule has 0 spiro atoms. The number of rotatable bonds is 5. The fourth-order valence-corrected chi connectivity index (χ4v) is 2.98. The first kappa shape index (κ1) is 17.8. The average Bonchev–Trinajstić information content (AvgIpc) is 2.92. The Hall–Kier alpha value is -1.56. The maximum atomic E-state index is 12.7. The van der Waals surface area contributed by atoms with Crippen LogP contribution in [0.2, 0.25) is 0 Å². The molecule has 3 nitrogen and oxygen atoms in total. The molecule has 3 atom stereocenters. The minimum absolute atomic E-state index is 0.0916. The van der Waals surface area contributed by atoms with Gasteiger partial charge in [0.15, 0.2) is 0 Å². The van der Waals surface area contributed by atoms with Gasteiger partial charge in [0, 0.05) is 6.54 Å². The summed E-state index contributed by atoms with van der Waals surface area (Å²) in [7, 11) is 0. The number of halogens is 3. The number of carbonyl (C=O) groups excluding carboxylic acids is 1. The predicted octanol–water partition coefficient (Wildman–Crippen LogP) is 3.48. The Morgan fingerprint density at radius 2 is 2.13 bits per heavy atom. The van der Waals surface area contributed by atoms with E-state index in [2.05, 4.69) is 5.32 Å². The van der Waals surface area contributed by atoms with Gasteiger partial charge < -0.3 is 10.4 Å². The Balaban J connectivity index is 1.85. The van der Waals surface area contributed by atoms with Gasteiger partial charge in [0.1, 0.15) is 0 Å². The van der Waals surface area contributed by atoms with Crippen molar-refractivity contribution in [1.82, 2.24) is 5.32 Å². The van der Waals surface area contributed by atoms with Crippen LogP contribution in [0.3, 0.4) is 0 Å². The number of nitrogens with one attached hydrogen (secondary N) is 1. The van der Waals surface area contributed by atoms with Crippen LogP contribution in [0.15, 0.2) is 24.3 Å². The SMILES string of the molecule is CC(CCNC(=O)C1CCCC1O)c1cccc(C(F)(F)F)c1. The summed E-state index contributed by atoms with van der Waals surface area (Å²) >= 11 is 0. The smallest absolute Gasteiger partial charge is 0.392 e. The van der Waals surface area contributed by atoms with Gasteiger partial charge in [-0.15, -0.1) is 0 Å². The number of hydrogen-bond donors (Lipinski definition) is 2. The van der Waals surface area contributed by atoms with Crippen LogP contribution in [-0.4, -0.2) is 23.7 Å². The van der Waals surface area contributed by atoms with Gasteiger partial charge in [-0.05, 0) is 43.2 Å². The molecule has 1 aromatic carbocycles. The highest BCUT2D eigenvalue weighted by Crippen LogP contribution is 2.31. The van der Waals surface area contributed by atoms with E-state index in [1.54, 1.807) is 6.07 Å². The van der Waals surface area contributed by atoms with E-state index in [0.717, 1.165) is 18.6 Å². The van der Waals surface area contributed by atoms with Gasteiger partial charge >= 0.3 is 6.18 Å². The van der Waals surface area contributed by atoms with Crippen LogP contribution < -0.4 is 5.32 Å². The Morgan fingerprint density at radius 3 is 2.74 bits per heavy atom. The maximum Gasteiger partial charge on any atom is 0.416 e. The van der Waals surface area contributed by atoms with Crippen LogP contribution in [-0.2, 0) is 11.0 Å². The number of aliphatic hydroxyl groups is 1. The van der Waals surface area contributed by atoms with Crippen molar-refractivity contribution in [2.75, 3.05) is 6.54 Å². The summed E-state index contributed by atoms with van der Waals surface area (Å²) in [5, 5.41) is 12.5. The minimum atomic E-state index is -4.34. The second kappa shape index (κ2) is 7.34. The molecule has 23 heavy (non-hydrogen) atoms. The monoisotopic (exact) mass is 329 g/mol. The predicted molar refractivity (Wildman–Crippen MR) is 80.8 cm³/mol. The average molecular weight is 329 g/mol. The normalized spacial score (nSPS) is 22.8. The molecule has 3 unspecified atom stereocenters. The van der Waals surface area contributed by atoms with E-state index in [1.807, 2.05) is 6.92 Å². The summed E-state index contributed by atoms with van der Waals surface area (Å²) in [5.74, 6) is -0.601. The van der Waals surface area contributed by atoms with Gasteiger partial charge in [-0.3, -0.25) is 4.79 Å². The summed E-state index contributed by atoms with van der Waals surface area (Å²) in [6.07, 6.45) is -2.18. The molecule has 0 aromatic heterocycles. The molecule has 1 aliphatic carbocycles. The summed E-state index contributed by atoms with van der Waals surface area (Å²) in [6.45, 7) is 2.23. The van der Waals surface area contributed by atoms with E-state index in [-0.39, 0.29) is 17.7 Å². The Bertz CT molecular complexity index is 545. The van der Waals surface area contributed by atoms with Gasteiger partial charge in [0.05, 0.1) is 17.6 Å². The Labute approximate surface area is 133 Å². The molecule has 2 rings (SSSR count). The van der Waals surface area contributed by atoms with Crippen LogP contribution >= 0.6 is 0 Å². The van der Waals surface area contributed by atoms with Gasteiger partial charge in [-0.2, -0.15) is 13.2 Å². The van der Waals surface area contributed by atoms with Crippen LogP contribution in [0.5, 0.6) is 0 Å². The van der Waals surface area contributed by atoms with Crippen molar-refractivity contribution in [3.8, 4) is 0 Å².